The Bertz CT molecular complexity index is 1220. The van der Waals surface area contributed by atoms with Gasteiger partial charge in [-0.15, -0.1) is 0 Å². The highest BCUT2D eigenvalue weighted by atomic mass is 35.5. The third-order valence-electron chi connectivity index (χ3n) is 5.44. The first-order valence-corrected chi connectivity index (χ1v) is 11.0. The average Bonchev–Trinajstić information content (AvgIpc) is 2.78. The lowest BCUT2D eigenvalue weighted by Crippen LogP contribution is -2.53. The van der Waals surface area contributed by atoms with Crippen LogP contribution in [0.3, 0.4) is 0 Å². The van der Waals surface area contributed by atoms with Gasteiger partial charge in [0.1, 0.15) is 5.82 Å². The van der Waals surface area contributed by atoms with Gasteiger partial charge in [-0.2, -0.15) is 5.26 Å². The van der Waals surface area contributed by atoms with Crippen LogP contribution in [-0.4, -0.2) is 42.6 Å². The molecule has 2 amide bonds. The largest absolute Gasteiger partial charge is 0.404 e. The molecule has 0 aliphatic carbocycles. The van der Waals surface area contributed by atoms with E-state index in [9.17, 15) is 19.2 Å². The van der Waals surface area contributed by atoms with Crippen molar-refractivity contribution >= 4 is 35.3 Å². The molecule has 0 aromatic heterocycles. The van der Waals surface area contributed by atoms with Crippen LogP contribution in [0.15, 0.2) is 53.2 Å². The van der Waals surface area contributed by atoms with Gasteiger partial charge < -0.3 is 16.0 Å². The standard InChI is InChI=1S/C25H25ClFN5O2/c1-14(2)13-32-23(16(11-29)12-30-3)22(20-5-4-18(27)9-21(20)25(32)34)24(33)31-19-7-15(10-28)6-17(26)8-19/h4-9,11-12,14,22-23H,13,29H2,1-3H3,(H,31,33)/t22?,23-/m1/s1. The first-order chi connectivity index (χ1) is 16.2. The van der Waals surface area contributed by atoms with E-state index in [2.05, 4.69) is 10.3 Å². The van der Waals surface area contributed by atoms with Crippen LogP contribution in [0.1, 0.15) is 41.3 Å². The van der Waals surface area contributed by atoms with Crippen molar-refractivity contribution in [3.8, 4) is 6.07 Å². The Morgan fingerprint density at radius 3 is 2.71 bits per heavy atom. The minimum atomic E-state index is -0.927. The van der Waals surface area contributed by atoms with E-state index >= 15 is 0 Å². The van der Waals surface area contributed by atoms with Gasteiger partial charge in [-0.05, 0) is 41.8 Å². The Hall–Kier alpha value is -3.70. The van der Waals surface area contributed by atoms with Crippen LogP contribution in [0.4, 0.5) is 10.1 Å². The van der Waals surface area contributed by atoms with Gasteiger partial charge in [0.15, 0.2) is 0 Å². The Kier molecular flexibility index (Phi) is 7.69. The summed E-state index contributed by atoms with van der Waals surface area (Å²) in [6, 6.07) is 9.53. The normalized spacial score (nSPS) is 18.2. The molecule has 9 heteroatoms. The molecule has 176 valence electrons. The highest BCUT2D eigenvalue weighted by Crippen LogP contribution is 2.38. The van der Waals surface area contributed by atoms with Crippen LogP contribution in [0, 0.1) is 23.1 Å². The zero-order valence-electron chi connectivity index (χ0n) is 19.0. The number of nitriles is 1. The maximum absolute atomic E-state index is 14.1. The predicted octanol–water partition coefficient (Wildman–Crippen LogP) is 4.10. The highest BCUT2D eigenvalue weighted by Gasteiger charge is 2.45. The third-order valence-corrected chi connectivity index (χ3v) is 5.66. The smallest absolute Gasteiger partial charge is 0.254 e. The molecule has 3 N–H and O–H groups in total. The molecule has 1 aliphatic rings. The summed E-state index contributed by atoms with van der Waals surface area (Å²) in [5.41, 5.74) is 7.47. The number of rotatable bonds is 6. The molecule has 3 rings (SSSR count). The van der Waals surface area contributed by atoms with Crippen LogP contribution in [0.2, 0.25) is 5.02 Å². The number of halogens is 2. The quantitative estimate of drug-likeness (QED) is 0.605. The fraction of sp³-hybridized carbons (Fsp3) is 0.280. The minimum Gasteiger partial charge on any atom is -0.404 e. The van der Waals surface area contributed by atoms with E-state index in [0.717, 1.165) is 6.07 Å². The zero-order valence-corrected chi connectivity index (χ0v) is 19.8. The molecule has 1 aliphatic heterocycles. The summed E-state index contributed by atoms with van der Waals surface area (Å²) in [6.07, 6.45) is 2.83. The molecule has 0 spiro atoms. The lowest BCUT2D eigenvalue weighted by molar-refractivity contribution is -0.118. The Labute approximate surface area is 202 Å². The molecule has 1 unspecified atom stereocenters. The van der Waals surface area contributed by atoms with Gasteiger partial charge in [0.25, 0.3) is 5.91 Å². The SMILES string of the molecule is CN=CC(=CN)[C@@H]1C(C(=O)Nc2cc(Cl)cc(C#N)c2)c2ccc(F)cc2C(=O)N1CC(C)C. The number of nitrogens with two attached hydrogens (primary N) is 1. The lowest BCUT2D eigenvalue weighted by atomic mass is 9.78. The van der Waals surface area contributed by atoms with Crippen molar-refractivity contribution in [3.05, 3.63) is 75.7 Å². The van der Waals surface area contributed by atoms with Crippen molar-refractivity contribution in [3.63, 3.8) is 0 Å². The number of anilines is 1. The number of aliphatic imine (C=N–C) groups is 1. The first kappa shape index (κ1) is 24.9. The van der Waals surface area contributed by atoms with Gasteiger partial charge in [0.2, 0.25) is 5.91 Å². The fourth-order valence-corrected chi connectivity index (χ4v) is 4.41. The van der Waals surface area contributed by atoms with Crippen molar-refractivity contribution in [1.29, 1.82) is 5.26 Å². The van der Waals surface area contributed by atoms with Crippen LogP contribution in [-0.2, 0) is 4.79 Å². The minimum absolute atomic E-state index is 0.0639. The van der Waals surface area contributed by atoms with Crippen molar-refractivity contribution in [2.75, 3.05) is 18.9 Å². The van der Waals surface area contributed by atoms with E-state index in [0.29, 0.717) is 23.4 Å². The maximum Gasteiger partial charge on any atom is 0.254 e. The topological polar surface area (TPSA) is 112 Å². The number of carbonyl (C=O) groups excluding carboxylic acids is 2. The second-order valence-electron chi connectivity index (χ2n) is 8.39. The molecule has 0 radical (unpaired) electrons. The zero-order chi connectivity index (χ0) is 25.0. The number of nitrogens with zero attached hydrogens (tertiary/aromatic N) is 3. The average molecular weight is 482 g/mol. The van der Waals surface area contributed by atoms with E-state index in [1.54, 1.807) is 7.05 Å². The van der Waals surface area contributed by atoms with E-state index < -0.39 is 29.6 Å². The van der Waals surface area contributed by atoms with Gasteiger partial charge in [-0.25, -0.2) is 4.39 Å². The van der Waals surface area contributed by atoms with Gasteiger partial charge in [0.05, 0.1) is 23.6 Å². The molecule has 2 aromatic carbocycles. The summed E-state index contributed by atoms with van der Waals surface area (Å²) in [5, 5.41) is 12.3. The van der Waals surface area contributed by atoms with Crippen molar-refractivity contribution < 1.29 is 14.0 Å². The van der Waals surface area contributed by atoms with Gasteiger partial charge in [0, 0.05) is 47.9 Å². The second kappa shape index (κ2) is 10.5. The summed E-state index contributed by atoms with van der Waals surface area (Å²) < 4.78 is 14.1. The summed E-state index contributed by atoms with van der Waals surface area (Å²) in [7, 11) is 1.56. The molecule has 2 atom stereocenters. The van der Waals surface area contributed by atoms with Crippen LogP contribution in [0.25, 0.3) is 0 Å². The summed E-state index contributed by atoms with van der Waals surface area (Å²) in [5.74, 6) is -2.30. The number of nitrogens with one attached hydrogen (secondary N) is 1. The fourth-order valence-electron chi connectivity index (χ4n) is 4.18. The number of carbonyl (C=O) groups is 2. The van der Waals surface area contributed by atoms with Crippen LogP contribution >= 0.6 is 11.6 Å². The lowest BCUT2D eigenvalue weighted by Gasteiger charge is -2.42. The van der Waals surface area contributed by atoms with E-state index in [1.165, 1.54) is 47.6 Å². The van der Waals surface area contributed by atoms with Crippen molar-refractivity contribution in [2.45, 2.75) is 25.8 Å². The van der Waals surface area contributed by atoms with Crippen molar-refractivity contribution in [1.82, 2.24) is 4.90 Å². The summed E-state index contributed by atoms with van der Waals surface area (Å²) >= 11 is 6.10. The van der Waals surface area contributed by atoms with E-state index in [-0.39, 0.29) is 22.1 Å². The van der Waals surface area contributed by atoms with E-state index in [4.69, 9.17) is 17.3 Å². The molecule has 0 fully saturated rings. The number of hydrogen-bond acceptors (Lipinski definition) is 5. The third kappa shape index (κ3) is 5.10. The molecule has 2 aromatic rings. The molecule has 1 heterocycles. The first-order valence-electron chi connectivity index (χ1n) is 10.7. The van der Waals surface area contributed by atoms with Gasteiger partial charge >= 0.3 is 0 Å². The molecule has 7 nitrogen and oxygen atoms in total. The Morgan fingerprint density at radius 1 is 1.35 bits per heavy atom. The maximum atomic E-state index is 14.1. The Morgan fingerprint density at radius 2 is 2.09 bits per heavy atom. The second-order valence-corrected chi connectivity index (χ2v) is 8.83. The Balaban J connectivity index is 2.19. The van der Waals surface area contributed by atoms with Gasteiger partial charge in [-0.3, -0.25) is 14.6 Å². The van der Waals surface area contributed by atoms with Gasteiger partial charge in [-0.1, -0.05) is 31.5 Å². The molecule has 0 bridgehead atoms. The number of amides is 2. The highest BCUT2D eigenvalue weighted by molar-refractivity contribution is 6.31. The van der Waals surface area contributed by atoms with Crippen LogP contribution in [0.5, 0.6) is 0 Å². The number of benzene rings is 2. The van der Waals surface area contributed by atoms with E-state index in [1.807, 2.05) is 19.9 Å². The number of fused-ring (bicyclic) bond motifs is 1. The molecular weight excluding hydrogens is 457 g/mol. The number of hydrogen-bond donors (Lipinski definition) is 2. The summed E-state index contributed by atoms with van der Waals surface area (Å²) in [4.78, 5) is 32.8. The molecular formula is C25H25ClFN5O2. The summed E-state index contributed by atoms with van der Waals surface area (Å²) in [6.45, 7) is 4.19. The molecule has 0 saturated carbocycles. The molecule has 34 heavy (non-hydrogen) atoms. The van der Waals surface area contributed by atoms with Crippen molar-refractivity contribution in [2.24, 2.45) is 16.6 Å². The van der Waals surface area contributed by atoms with Crippen LogP contribution < -0.4 is 11.1 Å². The monoisotopic (exact) mass is 481 g/mol. The molecule has 0 saturated heterocycles. The predicted molar refractivity (Wildman–Crippen MR) is 130 cm³/mol.